The molecule has 4 heterocycles. The number of thiazole rings is 1. The predicted octanol–water partition coefficient (Wildman–Crippen LogP) is 2.14. The Morgan fingerprint density at radius 1 is 1.38 bits per heavy atom. The summed E-state index contributed by atoms with van der Waals surface area (Å²) >= 11 is 1.36. The van der Waals surface area contributed by atoms with E-state index in [0.717, 1.165) is 10.7 Å². The van der Waals surface area contributed by atoms with Crippen molar-refractivity contribution in [2.45, 2.75) is 13.3 Å². The number of rotatable bonds is 2. The highest BCUT2D eigenvalue weighted by atomic mass is 32.1. The van der Waals surface area contributed by atoms with E-state index >= 15 is 0 Å². The van der Waals surface area contributed by atoms with Gasteiger partial charge in [0.25, 0.3) is 11.8 Å². The Balaban J connectivity index is 1.58. The molecule has 2 aliphatic heterocycles. The van der Waals surface area contributed by atoms with Gasteiger partial charge in [-0.05, 0) is 24.6 Å². The first kappa shape index (κ1) is 16.4. The molecule has 2 aromatic rings. The van der Waals surface area contributed by atoms with Crippen LogP contribution in [0.25, 0.3) is 5.13 Å². The van der Waals surface area contributed by atoms with Crippen LogP contribution in [-0.4, -0.2) is 45.1 Å². The van der Waals surface area contributed by atoms with Crippen LogP contribution in [-0.2, 0) is 4.79 Å². The minimum absolute atomic E-state index is 0.0798. The largest absolute Gasteiger partial charge is 0.333 e. The number of likely N-dealkylation sites (tertiary alicyclic amines) is 1. The van der Waals surface area contributed by atoms with E-state index in [0.29, 0.717) is 35.8 Å². The van der Waals surface area contributed by atoms with E-state index in [4.69, 9.17) is 5.26 Å². The standard InChI is InChI=1S/C18H15N5O2S/c1-11-15(26-18(20-11)22-5-2-3-6-22)17(25)23-7-4-14-13(10-23)8-12(9-19)16(24)21-14/h2-3,5-6,8,12H,4,7,10H2,1H3. The minimum atomic E-state index is -0.853. The fourth-order valence-electron chi connectivity index (χ4n) is 3.09. The fourth-order valence-corrected chi connectivity index (χ4v) is 4.09. The van der Waals surface area contributed by atoms with E-state index in [9.17, 15) is 9.59 Å². The third kappa shape index (κ3) is 2.76. The second kappa shape index (κ2) is 6.35. The number of fused-ring (bicyclic) bond motifs is 1. The first-order valence-corrected chi connectivity index (χ1v) is 9.00. The van der Waals surface area contributed by atoms with Gasteiger partial charge in [-0.3, -0.25) is 9.59 Å². The topological polar surface area (TPSA) is 91.3 Å². The van der Waals surface area contributed by atoms with Crippen molar-refractivity contribution in [3.8, 4) is 11.2 Å². The fraction of sp³-hybridized carbons (Fsp3) is 0.278. The van der Waals surface area contributed by atoms with Gasteiger partial charge in [-0.2, -0.15) is 5.26 Å². The summed E-state index contributed by atoms with van der Waals surface area (Å²) in [5.41, 5.74) is 2.19. The summed E-state index contributed by atoms with van der Waals surface area (Å²) in [5, 5.41) is 9.81. The summed E-state index contributed by atoms with van der Waals surface area (Å²) in [4.78, 5) is 35.6. The molecule has 0 aromatic carbocycles. The molecule has 26 heavy (non-hydrogen) atoms. The Labute approximate surface area is 153 Å². The van der Waals surface area contributed by atoms with Crippen molar-refractivity contribution >= 4 is 28.9 Å². The minimum Gasteiger partial charge on any atom is -0.333 e. The maximum absolute atomic E-state index is 13.0. The molecule has 1 saturated heterocycles. The number of piperidine rings is 1. The summed E-state index contributed by atoms with van der Waals surface area (Å²) < 4.78 is 1.88. The van der Waals surface area contributed by atoms with Gasteiger partial charge in [0.15, 0.2) is 5.13 Å². The number of aromatic nitrogens is 2. The maximum Gasteiger partial charge on any atom is 0.267 e. The van der Waals surface area contributed by atoms with Crippen molar-refractivity contribution in [2.75, 3.05) is 13.1 Å². The number of carbonyl (C=O) groups is 2. The lowest BCUT2D eigenvalue weighted by Gasteiger charge is -2.31. The van der Waals surface area contributed by atoms with Crippen LogP contribution in [0.1, 0.15) is 21.8 Å². The second-order valence-electron chi connectivity index (χ2n) is 6.17. The molecule has 130 valence electrons. The summed E-state index contributed by atoms with van der Waals surface area (Å²) in [7, 11) is 0. The number of hydrogen-bond acceptors (Lipinski definition) is 5. The molecule has 2 aliphatic rings. The highest BCUT2D eigenvalue weighted by Crippen LogP contribution is 2.27. The average molecular weight is 365 g/mol. The number of nitrogens with zero attached hydrogens (tertiary/aromatic N) is 5. The lowest BCUT2D eigenvalue weighted by Crippen LogP contribution is -2.41. The van der Waals surface area contributed by atoms with E-state index in [-0.39, 0.29) is 5.91 Å². The molecule has 0 aliphatic carbocycles. The molecule has 0 N–H and O–H groups in total. The number of carbonyl (C=O) groups excluding carboxylic acids is 2. The first-order valence-electron chi connectivity index (χ1n) is 8.19. The molecule has 0 radical (unpaired) electrons. The second-order valence-corrected chi connectivity index (χ2v) is 7.15. The number of dihydropyridines is 1. The molecule has 1 atom stereocenters. The van der Waals surface area contributed by atoms with Crippen LogP contribution in [0.15, 0.2) is 41.2 Å². The molecule has 0 spiro atoms. The van der Waals surface area contributed by atoms with Crippen LogP contribution >= 0.6 is 11.3 Å². The predicted molar refractivity (Wildman–Crippen MR) is 96.3 cm³/mol. The van der Waals surface area contributed by atoms with Crippen LogP contribution in [0, 0.1) is 24.2 Å². The van der Waals surface area contributed by atoms with E-state index in [2.05, 4.69) is 9.98 Å². The normalized spacial score (nSPS) is 19.5. The quantitative estimate of drug-likeness (QED) is 0.815. The molecule has 8 heteroatoms. The van der Waals surface area contributed by atoms with Gasteiger partial charge < -0.3 is 9.47 Å². The van der Waals surface area contributed by atoms with Crippen molar-refractivity contribution in [1.82, 2.24) is 14.5 Å². The Kier molecular flexibility index (Phi) is 4.01. The number of aliphatic imine (C=N–C) groups is 1. The Morgan fingerprint density at radius 3 is 2.88 bits per heavy atom. The molecule has 0 bridgehead atoms. The average Bonchev–Trinajstić information content (AvgIpc) is 3.29. The molecule has 1 fully saturated rings. The van der Waals surface area contributed by atoms with Gasteiger partial charge in [0, 0.05) is 31.9 Å². The van der Waals surface area contributed by atoms with Crippen LogP contribution in [0.4, 0.5) is 0 Å². The molecule has 2 aromatic heterocycles. The van der Waals surface area contributed by atoms with Gasteiger partial charge >= 0.3 is 0 Å². The van der Waals surface area contributed by atoms with E-state index < -0.39 is 11.8 Å². The van der Waals surface area contributed by atoms with Gasteiger partial charge in [0.1, 0.15) is 10.8 Å². The third-order valence-electron chi connectivity index (χ3n) is 4.46. The van der Waals surface area contributed by atoms with Gasteiger partial charge in [-0.15, -0.1) is 0 Å². The highest BCUT2D eigenvalue weighted by Gasteiger charge is 2.31. The lowest BCUT2D eigenvalue weighted by atomic mass is 9.94. The van der Waals surface area contributed by atoms with Crippen molar-refractivity contribution in [1.29, 1.82) is 5.26 Å². The number of nitriles is 1. The number of aryl methyl sites for hydroxylation is 1. The SMILES string of the molecule is Cc1nc(-n2cccc2)sc1C(=O)N1CCC2=NC(=O)C(C#N)C=C2C1. The van der Waals surface area contributed by atoms with Crippen molar-refractivity contribution in [3.05, 3.63) is 46.7 Å². The third-order valence-corrected chi connectivity index (χ3v) is 5.62. The monoisotopic (exact) mass is 365 g/mol. The molecule has 1 unspecified atom stereocenters. The molecule has 7 nitrogen and oxygen atoms in total. The zero-order valence-electron chi connectivity index (χ0n) is 14.0. The zero-order chi connectivity index (χ0) is 18.3. The Hall–Kier alpha value is -3.05. The van der Waals surface area contributed by atoms with Crippen molar-refractivity contribution in [3.63, 3.8) is 0 Å². The van der Waals surface area contributed by atoms with Crippen LogP contribution in [0.2, 0.25) is 0 Å². The molecule has 2 amide bonds. The molecular formula is C18H15N5O2S. The summed E-state index contributed by atoms with van der Waals surface area (Å²) in [6.45, 7) is 2.69. The summed E-state index contributed by atoms with van der Waals surface area (Å²) in [6.07, 6.45) is 5.93. The van der Waals surface area contributed by atoms with Crippen molar-refractivity contribution < 1.29 is 9.59 Å². The van der Waals surface area contributed by atoms with Crippen LogP contribution in [0.5, 0.6) is 0 Å². The van der Waals surface area contributed by atoms with E-state index in [1.54, 1.807) is 11.0 Å². The molecule has 0 saturated carbocycles. The smallest absolute Gasteiger partial charge is 0.267 e. The van der Waals surface area contributed by atoms with Crippen LogP contribution in [0.3, 0.4) is 0 Å². The lowest BCUT2D eigenvalue weighted by molar-refractivity contribution is -0.119. The summed E-state index contributed by atoms with van der Waals surface area (Å²) in [5.74, 6) is -1.35. The maximum atomic E-state index is 13.0. The van der Waals surface area contributed by atoms with Crippen molar-refractivity contribution in [2.24, 2.45) is 10.9 Å². The van der Waals surface area contributed by atoms with E-state index in [1.807, 2.05) is 42.1 Å². The van der Waals surface area contributed by atoms with Gasteiger partial charge in [0.05, 0.1) is 17.5 Å². The Morgan fingerprint density at radius 2 is 2.15 bits per heavy atom. The Bertz CT molecular complexity index is 993. The van der Waals surface area contributed by atoms with E-state index in [1.165, 1.54) is 11.3 Å². The van der Waals surface area contributed by atoms with Gasteiger partial charge in [-0.1, -0.05) is 17.4 Å². The summed E-state index contributed by atoms with van der Waals surface area (Å²) in [6, 6.07) is 5.76. The zero-order valence-corrected chi connectivity index (χ0v) is 14.9. The van der Waals surface area contributed by atoms with Crippen LogP contribution < -0.4 is 0 Å². The molecular weight excluding hydrogens is 350 g/mol. The number of amides is 2. The number of hydrogen-bond donors (Lipinski definition) is 0. The first-order chi connectivity index (χ1) is 12.6. The highest BCUT2D eigenvalue weighted by molar-refractivity contribution is 7.16. The molecule has 4 rings (SSSR count). The van der Waals surface area contributed by atoms with Gasteiger partial charge in [0.2, 0.25) is 0 Å². The van der Waals surface area contributed by atoms with Gasteiger partial charge in [-0.25, -0.2) is 9.98 Å².